The minimum Gasteiger partial charge on any atom is -0.491 e. The first-order chi connectivity index (χ1) is 6.22. The first-order valence-electron chi connectivity index (χ1n) is 3.81. The first kappa shape index (κ1) is 10.3. The Morgan fingerprint density at radius 1 is 1.54 bits per heavy atom. The largest absolute Gasteiger partial charge is 0.491 e. The van der Waals surface area contributed by atoms with E-state index in [1.165, 1.54) is 0 Å². The summed E-state index contributed by atoms with van der Waals surface area (Å²) in [6.07, 6.45) is -0.851. The third-order valence-corrected chi connectivity index (χ3v) is 1.63. The molecular weight excluding hydrogens is 192 g/mol. The predicted molar refractivity (Wildman–Crippen MR) is 48.9 cm³/mol. The Kier molecular flexibility index (Phi) is 4.02. The van der Waals surface area contributed by atoms with Gasteiger partial charge in [-0.2, -0.15) is 0 Å². The van der Waals surface area contributed by atoms with E-state index in [1.807, 2.05) is 0 Å². The van der Waals surface area contributed by atoms with Crippen molar-refractivity contribution in [3.05, 3.63) is 29.3 Å². The summed E-state index contributed by atoms with van der Waals surface area (Å²) in [6.45, 7) is -0.247. The zero-order valence-corrected chi connectivity index (χ0v) is 7.66. The number of aliphatic hydroxyl groups is 2. The van der Waals surface area contributed by atoms with E-state index in [-0.39, 0.29) is 13.2 Å². The fourth-order valence-corrected chi connectivity index (χ4v) is 0.844. The van der Waals surface area contributed by atoms with Crippen LogP contribution in [0.2, 0.25) is 5.02 Å². The summed E-state index contributed by atoms with van der Waals surface area (Å²) in [4.78, 5) is 0. The van der Waals surface area contributed by atoms with Gasteiger partial charge < -0.3 is 14.9 Å². The molecule has 0 aliphatic heterocycles. The molecule has 0 bridgehead atoms. The Hall–Kier alpha value is -0.770. The molecule has 0 amide bonds. The summed E-state index contributed by atoms with van der Waals surface area (Å²) in [7, 11) is 0. The van der Waals surface area contributed by atoms with E-state index < -0.39 is 6.10 Å². The molecular formula is C9H10ClO3. The maximum absolute atomic E-state index is 8.96. The van der Waals surface area contributed by atoms with Gasteiger partial charge in [-0.05, 0) is 18.2 Å². The van der Waals surface area contributed by atoms with Gasteiger partial charge in [0.15, 0.2) is 0 Å². The van der Waals surface area contributed by atoms with Gasteiger partial charge in [-0.1, -0.05) is 11.6 Å². The average Bonchev–Trinajstić information content (AvgIpc) is 2.16. The molecule has 0 spiro atoms. The van der Waals surface area contributed by atoms with Crippen molar-refractivity contribution in [2.24, 2.45) is 0 Å². The number of aliphatic hydroxyl groups excluding tert-OH is 2. The van der Waals surface area contributed by atoms with Crippen LogP contribution in [0.25, 0.3) is 0 Å². The lowest BCUT2D eigenvalue weighted by Crippen LogP contribution is -2.21. The maximum Gasteiger partial charge on any atom is 0.120 e. The zero-order valence-electron chi connectivity index (χ0n) is 6.90. The molecule has 0 saturated carbocycles. The van der Waals surface area contributed by atoms with E-state index in [4.69, 9.17) is 26.6 Å². The van der Waals surface area contributed by atoms with Gasteiger partial charge in [-0.25, -0.2) is 0 Å². The third-order valence-electron chi connectivity index (χ3n) is 1.40. The molecule has 71 valence electrons. The molecule has 0 saturated heterocycles. The minimum absolute atomic E-state index is 0.0615. The van der Waals surface area contributed by atoms with Crippen LogP contribution in [-0.2, 0) is 0 Å². The quantitative estimate of drug-likeness (QED) is 0.760. The summed E-state index contributed by atoms with van der Waals surface area (Å²) in [5, 5.41) is 18.0. The monoisotopic (exact) mass is 201 g/mol. The highest BCUT2D eigenvalue weighted by Crippen LogP contribution is 2.14. The molecule has 1 unspecified atom stereocenters. The normalized spacial score (nSPS) is 12.5. The van der Waals surface area contributed by atoms with E-state index in [9.17, 15) is 0 Å². The molecule has 0 fully saturated rings. The SMILES string of the molecule is OCC(O)COc1c[c]c(Cl)cc1. The Bertz CT molecular complexity index is 248. The molecule has 1 aromatic rings. The van der Waals surface area contributed by atoms with Crippen molar-refractivity contribution in [1.29, 1.82) is 0 Å². The molecule has 1 rings (SSSR count). The van der Waals surface area contributed by atoms with Gasteiger partial charge in [0.1, 0.15) is 18.5 Å². The molecule has 2 N–H and O–H groups in total. The van der Waals surface area contributed by atoms with Gasteiger partial charge in [0.2, 0.25) is 0 Å². The highest BCUT2D eigenvalue weighted by atomic mass is 35.5. The summed E-state index contributed by atoms with van der Waals surface area (Å²) >= 11 is 5.60. The maximum atomic E-state index is 8.96. The first-order valence-corrected chi connectivity index (χ1v) is 4.19. The standard InChI is InChI=1S/C9H10ClO3/c10-7-1-3-9(4-2-7)13-6-8(12)5-11/h1,3-4,8,11-12H,5-6H2. The number of rotatable bonds is 4. The zero-order chi connectivity index (χ0) is 9.68. The van der Waals surface area contributed by atoms with Crippen LogP contribution < -0.4 is 4.74 Å². The van der Waals surface area contributed by atoms with Crippen LogP contribution in [0.15, 0.2) is 18.2 Å². The van der Waals surface area contributed by atoms with Gasteiger partial charge in [-0.15, -0.1) is 0 Å². The van der Waals surface area contributed by atoms with Crippen LogP contribution in [-0.4, -0.2) is 29.5 Å². The molecule has 1 aromatic carbocycles. The molecule has 1 radical (unpaired) electrons. The second-order valence-electron chi connectivity index (χ2n) is 2.52. The topological polar surface area (TPSA) is 49.7 Å². The highest BCUT2D eigenvalue weighted by Gasteiger charge is 2.02. The Morgan fingerprint density at radius 2 is 2.31 bits per heavy atom. The number of hydrogen-bond donors (Lipinski definition) is 2. The molecule has 0 heterocycles. The van der Waals surface area contributed by atoms with E-state index in [2.05, 4.69) is 6.07 Å². The van der Waals surface area contributed by atoms with Gasteiger partial charge in [0, 0.05) is 11.1 Å². The molecule has 1 atom stereocenters. The minimum atomic E-state index is -0.851. The van der Waals surface area contributed by atoms with Crippen LogP contribution >= 0.6 is 11.6 Å². The van der Waals surface area contributed by atoms with Gasteiger partial charge >= 0.3 is 0 Å². The molecule has 0 aliphatic carbocycles. The van der Waals surface area contributed by atoms with E-state index in [0.717, 1.165) is 0 Å². The number of halogens is 1. The number of hydrogen-bond acceptors (Lipinski definition) is 3. The molecule has 4 heteroatoms. The summed E-state index contributed by atoms with van der Waals surface area (Å²) in [6, 6.07) is 7.62. The molecule has 0 aliphatic rings. The predicted octanol–water partition coefficient (Wildman–Crippen LogP) is 0.872. The van der Waals surface area contributed by atoms with Crippen LogP contribution in [0.1, 0.15) is 0 Å². The summed E-state index contributed by atoms with van der Waals surface area (Å²) in [5.41, 5.74) is 0. The van der Waals surface area contributed by atoms with Crippen LogP contribution in [0.3, 0.4) is 0 Å². The average molecular weight is 202 g/mol. The van der Waals surface area contributed by atoms with Crippen molar-refractivity contribution >= 4 is 11.6 Å². The van der Waals surface area contributed by atoms with Gasteiger partial charge in [0.25, 0.3) is 0 Å². The third kappa shape index (κ3) is 3.63. The molecule has 0 aromatic heterocycles. The second kappa shape index (κ2) is 5.07. The lowest BCUT2D eigenvalue weighted by Gasteiger charge is -2.09. The van der Waals surface area contributed by atoms with Crippen LogP contribution in [0, 0.1) is 6.07 Å². The van der Waals surface area contributed by atoms with E-state index in [0.29, 0.717) is 10.8 Å². The van der Waals surface area contributed by atoms with Crippen molar-refractivity contribution in [3.8, 4) is 5.75 Å². The van der Waals surface area contributed by atoms with Crippen molar-refractivity contribution in [2.75, 3.05) is 13.2 Å². The highest BCUT2D eigenvalue weighted by molar-refractivity contribution is 6.30. The van der Waals surface area contributed by atoms with Crippen molar-refractivity contribution < 1.29 is 14.9 Å². The van der Waals surface area contributed by atoms with Crippen molar-refractivity contribution in [1.82, 2.24) is 0 Å². The number of ether oxygens (including phenoxy) is 1. The van der Waals surface area contributed by atoms with Crippen LogP contribution in [0.5, 0.6) is 5.75 Å². The number of benzene rings is 1. The fourth-order valence-electron chi connectivity index (χ4n) is 0.726. The van der Waals surface area contributed by atoms with Crippen LogP contribution in [0.4, 0.5) is 0 Å². The lowest BCUT2D eigenvalue weighted by molar-refractivity contribution is 0.0536. The second-order valence-corrected chi connectivity index (χ2v) is 2.93. The van der Waals surface area contributed by atoms with Gasteiger partial charge in [-0.3, -0.25) is 0 Å². The van der Waals surface area contributed by atoms with Crippen molar-refractivity contribution in [3.63, 3.8) is 0 Å². The van der Waals surface area contributed by atoms with Crippen molar-refractivity contribution in [2.45, 2.75) is 6.10 Å². The van der Waals surface area contributed by atoms with E-state index in [1.54, 1.807) is 18.2 Å². The fraction of sp³-hybridized carbons (Fsp3) is 0.333. The summed E-state index contributed by atoms with van der Waals surface area (Å²) < 4.78 is 5.11. The molecule has 3 nitrogen and oxygen atoms in total. The lowest BCUT2D eigenvalue weighted by atomic mass is 10.3. The van der Waals surface area contributed by atoms with Gasteiger partial charge in [0.05, 0.1) is 6.61 Å². The Balaban J connectivity index is 2.41. The van der Waals surface area contributed by atoms with E-state index >= 15 is 0 Å². The smallest absolute Gasteiger partial charge is 0.120 e. The molecule has 13 heavy (non-hydrogen) atoms. The Labute approximate surface area is 81.5 Å². The Morgan fingerprint density at radius 3 is 2.85 bits per heavy atom. The summed E-state index contributed by atoms with van der Waals surface area (Å²) in [5.74, 6) is 0.567.